The van der Waals surface area contributed by atoms with Crippen molar-refractivity contribution in [1.82, 2.24) is 19.5 Å². The third-order valence-electron chi connectivity index (χ3n) is 7.65. The highest BCUT2D eigenvalue weighted by Crippen LogP contribution is 2.43. The highest BCUT2D eigenvalue weighted by atomic mass is 35.5. The Labute approximate surface area is 218 Å². The fourth-order valence-corrected chi connectivity index (χ4v) is 5.41. The number of anilines is 3. The maximum atomic E-state index is 14.7. The van der Waals surface area contributed by atoms with Crippen molar-refractivity contribution in [2.75, 3.05) is 23.8 Å². The van der Waals surface area contributed by atoms with Crippen LogP contribution in [0.25, 0.3) is 11.2 Å². The number of ether oxygens (including phenoxy) is 1. The van der Waals surface area contributed by atoms with E-state index in [1.165, 1.54) is 0 Å². The average Bonchev–Trinajstić information content (AvgIpc) is 3.20. The third kappa shape index (κ3) is 5.06. The molecule has 0 radical (unpaired) electrons. The van der Waals surface area contributed by atoms with Gasteiger partial charge in [0.1, 0.15) is 11.3 Å². The molecule has 9 nitrogen and oxygen atoms in total. The van der Waals surface area contributed by atoms with Gasteiger partial charge >= 0.3 is 0 Å². The summed E-state index contributed by atoms with van der Waals surface area (Å²) in [5.41, 5.74) is 6.06. The first-order valence-electron chi connectivity index (χ1n) is 12.5. The van der Waals surface area contributed by atoms with Gasteiger partial charge in [0.15, 0.2) is 11.5 Å². The summed E-state index contributed by atoms with van der Waals surface area (Å²) in [4.78, 5) is 25.9. The number of carbonyl (C=O) groups is 1. The molecule has 0 spiro atoms. The smallest absolute Gasteiger partial charge is 0.224 e. The second-order valence-corrected chi connectivity index (χ2v) is 10.7. The summed E-state index contributed by atoms with van der Waals surface area (Å²) in [6.45, 7) is 5.32. The lowest BCUT2D eigenvalue weighted by atomic mass is 9.73. The lowest BCUT2D eigenvalue weighted by molar-refractivity contribution is -0.128. The van der Waals surface area contributed by atoms with Gasteiger partial charge in [-0.05, 0) is 44.1 Å². The molecular weight excluding hydrogens is 504 g/mol. The van der Waals surface area contributed by atoms with Crippen LogP contribution in [-0.4, -0.2) is 44.7 Å². The number of amides is 1. The monoisotopic (exact) mass is 533 g/mol. The molecule has 2 aliphatic rings. The number of hydrogen-bond donors (Lipinski definition) is 3. The normalized spacial score (nSPS) is 26.2. The molecule has 0 unspecified atom stereocenters. The van der Waals surface area contributed by atoms with Gasteiger partial charge < -0.3 is 21.1 Å². The van der Waals surface area contributed by atoms with Gasteiger partial charge in [-0.15, -0.1) is 0 Å². The SMILES string of the molecule is C[C@@H]1COCC[C@H]1Nc1ncc2nc(Nc3c(F)cc(F)cc3Cl)n([C@H]3CC[C@@](C)(C(N)=O)CC3)c2n1. The second-order valence-electron chi connectivity index (χ2n) is 10.3. The fourth-order valence-electron chi connectivity index (χ4n) is 5.17. The molecule has 37 heavy (non-hydrogen) atoms. The van der Waals surface area contributed by atoms with E-state index in [4.69, 9.17) is 27.1 Å². The number of fused-ring (bicyclic) bond motifs is 1. The Morgan fingerprint density at radius 1 is 1.24 bits per heavy atom. The molecule has 5 rings (SSSR count). The van der Waals surface area contributed by atoms with Crippen LogP contribution in [0.1, 0.15) is 52.0 Å². The maximum Gasteiger partial charge on any atom is 0.224 e. The van der Waals surface area contributed by atoms with E-state index in [1.54, 1.807) is 6.20 Å². The zero-order valence-electron chi connectivity index (χ0n) is 20.7. The summed E-state index contributed by atoms with van der Waals surface area (Å²) < 4.78 is 35.7. The van der Waals surface area contributed by atoms with E-state index in [-0.39, 0.29) is 28.7 Å². The summed E-state index contributed by atoms with van der Waals surface area (Å²) in [6, 6.07) is 1.87. The zero-order chi connectivity index (χ0) is 26.3. The Bertz CT molecular complexity index is 1300. The molecule has 12 heteroatoms. The first kappa shape index (κ1) is 25.6. The molecule has 2 aromatic heterocycles. The second kappa shape index (κ2) is 10.0. The third-order valence-corrected chi connectivity index (χ3v) is 7.95. The molecule has 198 valence electrons. The van der Waals surface area contributed by atoms with Crippen molar-refractivity contribution >= 4 is 46.3 Å². The topological polar surface area (TPSA) is 120 Å². The number of primary amides is 1. The Kier molecular flexibility index (Phi) is 6.93. The standard InChI is InChI=1S/C25H30ClF2N7O2/c1-13-12-37-8-5-18(13)31-23-30-11-19-21(34-23)35(15-3-6-25(2,7-4-15)22(29)36)24(32-19)33-20-16(26)9-14(27)10-17(20)28/h9-11,13,15,18H,3-8,12H2,1-2H3,(H2,29,36)(H,32,33)(H,30,31,34)/t13-,15-,18-,25+/m1/s1. The van der Waals surface area contributed by atoms with E-state index in [2.05, 4.69) is 27.5 Å². The predicted molar refractivity (Wildman–Crippen MR) is 137 cm³/mol. The molecule has 1 aliphatic heterocycles. The number of nitrogens with two attached hydrogens (primary N) is 1. The maximum absolute atomic E-state index is 14.7. The van der Waals surface area contributed by atoms with Gasteiger partial charge in [0.25, 0.3) is 0 Å². The van der Waals surface area contributed by atoms with Crippen LogP contribution < -0.4 is 16.4 Å². The highest BCUT2D eigenvalue weighted by Gasteiger charge is 2.38. The molecule has 1 amide bonds. The summed E-state index contributed by atoms with van der Waals surface area (Å²) in [5.74, 6) is -0.870. The molecule has 4 N–H and O–H groups in total. The molecule has 1 aromatic carbocycles. The van der Waals surface area contributed by atoms with Crippen molar-refractivity contribution < 1.29 is 18.3 Å². The van der Waals surface area contributed by atoms with Crippen molar-refractivity contribution in [3.8, 4) is 0 Å². The number of carbonyl (C=O) groups excluding carboxylic acids is 1. The molecule has 1 aliphatic carbocycles. The Morgan fingerprint density at radius 2 is 2.00 bits per heavy atom. The highest BCUT2D eigenvalue weighted by molar-refractivity contribution is 6.33. The lowest BCUT2D eigenvalue weighted by Gasteiger charge is -2.35. The first-order valence-corrected chi connectivity index (χ1v) is 12.8. The van der Waals surface area contributed by atoms with Gasteiger partial charge in [-0.3, -0.25) is 9.36 Å². The van der Waals surface area contributed by atoms with Gasteiger partial charge in [0, 0.05) is 30.2 Å². The number of benzene rings is 1. The van der Waals surface area contributed by atoms with Crippen LogP contribution in [0.5, 0.6) is 0 Å². The minimum atomic E-state index is -0.838. The van der Waals surface area contributed by atoms with Crippen LogP contribution in [0.15, 0.2) is 18.3 Å². The van der Waals surface area contributed by atoms with Gasteiger partial charge in [-0.25, -0.2) is 18.7 Å². The average molecular weight is 534 g/mol. The number of nitrogens with one attached hydrogen (secondary N) is 2. The van der Waals surface area contributed by atoms with Gasteiger partial charge in [0.2, 0.25) is 17.8 Å². The number of halogens is 3. The number of imidazole rings is 1. The van der Waals surface area contributed by atoms with E-state index in [1.807, 2.05) is 11.5 Å². The minimum Gasteiger partial charge on any atom is -0.381 e. The van der Waals surface area contributed by atoms with Crippen LogP contribution in [0, 0.1) is 23.0 Å². The zero-order valence-corrected chi connectivity index (χ0v) is 21.5. The number of hydrogen-bond acceptors (Lipinski definition) is 7. The van der Waals surface area contributed by atoms with Crippen LogP contribution in [0.3, 0.4) is 0 Å². The molecule has 2 fully saturated rings. The summed E-state index contributed by atoms with van der Waals surface area (Å²) in [7, 11) is 0. The van der Waals surface area contributed by atoms with E-state index in [0.717, 1.165) is 18.6 Å². The molecule has 2 atom stereocenters. The molecule has 3 aromatic rings. The van der Waals surface area contributed by atoms with Gasteiger partial charge in [0.05, 0.1) is 23.5 Å². The summed E-state index contributed by atoms with van der Waals surface area (Å²) in [5, 5.41) is 6.26. The predicted octanol–water partition coefficient (Wildman–Crippen LogP) is 4.95. The molecular formula is C25H30ClF2N7O2. The number of rotatable bonds is 6. The number of aromatic nitrogens is 4. The number of nitrogens with zero attached hydrogens (tertiary/aromatic N) is 4. The Balaban J connectivity index is 1.54. The Morgan fingerprint density at radius 3 is 2.68 bits per heavy atom. The molecule has 1 saturated heterocycles. The molecule has 0 bridgehead atoms. The minimum absolute atomic E-state index is 0.0836. The van der Waals surface area contributed by atoms with E-state index >= 15 is 0 Å². The van der Waals surface area contributed by atoms with E-state index in [9.17, 15) is 13.6 Å². The van der Waals surface area contributed by atoms with E-state index < -0.39 is 17.0 Å². The van der Waals surface area contributed by atoms with Crippen molar-refractivity contribution in [2.45, 2.75) is 58.0 Å². The van der Waals surface area contributed by atoms with Crippen LogP contribution in [0.4, 0.5) is 26.4 Å². The van der Waals surface area contributed by atoms with Gasteiger partial charge in [-0.1, -0.05) is 25.4 Å². The summed E-state index contributed by atoms with van der Waals surface area (Å²) in [6.07, 6.45) is 4.92. The molecule has 3 heterocycles. The Hall–Kier alpha value is -3.05. The van der Waals surface area contributed by atoms with E-state index in [0.29, 0.717) is 67.9 Å². The van der Waals surface area contributed by atoms with Gasteiger partial charge in [-0.2, -0.15) is 4.98 Å². The fraction of sp³-hybridized carbons (Fsp3) is 0.520. The lowest BCUT2D eigenvalue weighted by Crippen LogP contribution is -2.38. The van der Waals surface area contributed by atoms with Crippen molar-refractivity contribution in [3.05, 3.63) is 35.0 Å². The quantitative estimate of drug-likeness (QED) is 0.410. The van der Waals surface area contributed by atoms with Crippen LogP contribution in [-0.2, 0) is 9.53 Å². The van der Waals surface area contributed by atoms with Crippen molar-refractivity contribution in [2.24, 2.45) is 17.1 Å². The van der Waals surface area contributed by atoms with Crippen molar-refractivity contribution in [3.63, 3.8) is 0 Å². The van der Waals surface area contributed by atoms with Crippen LogP contribution >= 0.6 is 11.6 Å². The van der Waals surface area contributed by atoms with Crippen LogP contribution in [0.2, 0.25) is 5.02 Å². The largest absolute Gasteiger partial charge is 0.381 e. The first-order chi connectivity index (χ1) is 17.6. The molecule has 1 saturated carbocycles. The van der Waals surface area contributed by atoms with Crippen molar-refractivity contribution in [1.29, 1.82) is 0 Å². The summed E-state index contributed by atoms with van der Waals surface area (Å²) >= 11 is 6.16.